The number of para-hydroxylation sites is 1. The zero-order valence-corrected chi connectivity index (χ0v) is 13.4. The monoisotopic (exact) mass is 297 g/mol. The number of aromatic nitrogens is 1. The lowest BCUT2D eigenvalue weighted by Crippen LogP contribution is -2.50. The molecular formula is C18H23N3O. The molecule has 116 valence electrons. The van der Waals surface area contributed by atoms with Gasteiger partial charge < -0.3 is 14.8 Å². The van der Waals surface area contributed by atoms with Crippen molar-refractivity contribution in [2.75, 3.05) is 33.2 Å². The van der Waals surface area contributed by atoms with Gasteiger partial charge in [0.1, 0.15) is 0 Å². The zero-order valence-electron chi connectivity index (χ0n) is 13.4. The summed E-state index contributed by atoms with van der Waals surface area (Å²) in [5, 5.41) is 1.22. The third kappa shape index (κ3) is 1.97. The first kappa shape index (κ1) is 13.8. The first-order valence-electron chi connectivity index (χ1n) is 8.17. The van der Waals surface area contributed by atoms with Gasteiger partial charge in [-0.2, -0.15) is 0 Å². The molecule has 1 N–H and O–H groups in total. The molecular weight excluding hydrogens is 274 g/mol. The van der Waals surface area contributed by atoms with E-state index in [1.807, 2.05) is 6.07 Å². The van der Waals surface area contributed by atoms with Crippen LogP contribution < -0.4 is 0 Å². The van der Waals surface area contributed by atoms with Crippen LogP contribution in [-0.4, -0.2) is 53.9 Å². The summed E-state index contributed by atoms with van der Waals surface area (Å²) in [7, 11) is 2.12. The molecule has 0 bridgehead atoms. The average molecular weight is 297 g/mol. The van der Waals surface area contributed by atoms with E-state index in [0.717, 1.165) is 50.2 Å². The van der Waals surface area contributed by atoms with Gasteiger partial charge in [0.25, 0.3) is 0 Å². The smallest absolute Gasteiger partial charge is 0.233 e. The Balaban J connectivity index is 1.71. The number of likely N-dealkylation sites (N-methyl/N-ethyl adjacent to an activating group) is 1. The highest BCUT2D eigenvalue weighted by atomic mass is 16.2. The lowest BCUT2D eigenvalue weighted by Gasteiger charge is -2.35. The number of piperazine rings is 1. The lowest BCUT2D eigenvalue weighted by molar-refractivity contribution is -0.135. The molecule has 2 heterocycles. The van der Waals surface area contributed by atoms with Crippen LogP contribution in [0, 0.1) is 6.92 Å². The summed E-state index contributed by atoms with van der Waals surface area (Å²) in [5.41, 5.74) is 3.28. The lowest BCUT2D eigenvalue weighted by atomic mass is 9.91. The van der Waals surface area contributed by atoms with Gasteiger partial charge in [0.05, 0.1) is 5.41 Å². The SMILES string of the molecule is Cc1[nH]c2ccccc2c1C1(C(=O)N2CCN(C)CC2)CC1. The van der Waals surface area contributed by atoms with Gasteiger partial charge in [-0.15, -0.1) is 0 Å². The van der Waals surface area contributed by atoms with Crippen molar-refractivity contribution >= 4 is 16.8 Å². The minimum atomic E-state index is -0.264. The molecule has 0 radical (unpaired) electrons. The highest BCUT2D eigenvalue weighted by Gasteiger charge is 2.55. The molecule has 2 fully saturated rings. The van der Waals surface area contributed by atoms with Gasteiger partial charge >= 0.3 is 0 Å². The molecule has 0 unspecified atom stereocenters. The zero-order chi connectivity index (χ0) is 15.3. The second-order valence-corrected chi connectivity index (χ2v) is 6.85. The summed E-state index contributed by atoms with van der Waals surface area (Å²) < 4.78 is 0. The predicted molar refractivity (Wildman–Crippen MR) is 88.0 cm³/mol. The van der Waals surface area contributed by atoms with E-state index in [2.05, 4.69) is 47.0 Å². The van der Waals surface area contributed by atoms with Gasteiger partial charge in [-0.05, 0) is 38.4 Å². The normalized spacial score (nSPS) is 21.3. The van der Waals surface area contributed by atoms with Crippen LogP contribution >= 0.6 is 0 Å². The van der Waals surface area contributed by atoms with Gasteiger partial charge in [0.2, 0.25) is 5.91 Å². The number of hydrogen-bond donors (Lipinski definition) is 1. The van der Waals surface area contributed by atoms with E-state index in [4.69, 9.17) is 0 Å². The number of carbonyl (C=O) groups excluding carboxylic acids is 1. The number of nitrogens with one attached hydrogen (secondary N) is 1. The Morgan fingerprint density at radius 1 is 1.14 bits per heavy atom. The fourth-order valence-corrected chi connectivity index (χ4v) is 3.90. The summed E-state index contributed by atoms with van der Waals surface area (Å²) >= 11 is 0. The first-order valence-corrected chi connectivity index (χ1v) is 8.17. The molecule has 2 aromatic rings. The second-order valence-electron chi connectivity index (χ2n) is 6.85. The van der Waals surface area contributed by atoms with Crippen LogP contribution in [0.1, 0.15) is 24.1 Å². The fourth-order valence-electron chi connectivity index (χ4n) is 3.90. The molecule has 4 rings (SSSR count). The Morgan fingerprint density at radius 3 is 2.50 bits per heavy atom. The van der Waals surface area contributed by atoms with Crippen LogP contribution in [0.25, 0.3) is 10.9 Å². The van der Waals surface area contributed by atoms with E-state index in [9.17, 15) is 4.79 Å². The molecule has 1 saturated heterocycles. The van der Waals surface area contributed by atoms with Gasteiger partial charge in [0, 0.05) is 42.8 Å². The molecule has 1 aliphatic carbocycles. The summed E-state index contributed by atoms with van der Waals surface area (Å²) in [5.74, 6) is 0.341. The second kappa shape index (κ2) is 4.85. The molecule has 1 saturated carbocycles. The Kier molecular flexibility index (Phi) is 3.05. The quantitative estimate of drug-likeness (QED) is 0.924. The van der Waals surface area contributed by atoms with Gasteiger partial charge in [-0.3, -0.25) is 4.79 Å². The van der Waals surface area contributed by atoms with E-state index in [0.29, 0.717) is 5.91 Å². The van der Waals surface area contributed by atoms with Crippen LogP contribution in [0.15, 0.2) is 24.3 Å². The molecule has 1 aromatic carbocycles. The van der Waals surface area contributed by atoms with Crippen molar-refractivity contribution in [2.45, 2.75) is 25.2 Å². The van der Waals surface area contributed by atoms with Crippen LogP contribution in [-0.2, 0) is 10.2 Å². The number of amides is 1. The van der Waals surface area contributed by atoms with Crippen molar-refractivity contribution in [3.63, 3.8) is 0 Å². The van der Waals surface area contributed by atoms with Gasteiger partial charge in [-0.25, -0.2) is 0 Å². The molecule has 22 heavy (non-hydrogen) atoms. The van der Waals surface area contributed by atoms with Crippen molar-refractivity contribution in [3.8, 4) is 0 Å². The molecule has 0 spiro atoms. The topological polar surface area (TPSA) is 39.3 Å². The molecule has 1 aliphatic heterocycles. The summed E-state index contributed by atoms with van der Waals surface area (Å²) in [6, 6.07) is 8.35. The number of carbonyl (C=O) groups is 1. The van der Waals surface area contributed by atoms with Gasteiger partial charge in [0.15, 0.2) is 0 Å². The van der Waals surface area contributed by atoms with E-state index in [-0.39, 0.29) is 5.41 Å². The third-order valence-electron chi connectivity index (χ3n) is 5.32. The van der Waals surface area contributed by atoms with Crippen molar-refractivity contribution in [1.29, 1.82) is 0 Å². The summed E-state index contributed by atoms with van der Waals surface area (Å²) in [6.07, 6.45) is 1.97. The van der Waals surface area contributed by atoms with Crippen molar-refractivity contribution in [1.82, 2.24) is 14.8 Å². The number of benzene rings is 1. The van der Waals surface area contributed by atoms with Crippen LogP contribution in [0.4, 0.5) is 0 Å². The molecule has 4 heteroatoms. The molecule has 4 nitrogen and oxygen atoms in total. The van der Waals surface area contributed by atoms with E-state index < -0.39 is 0 Å². The van der Waals surface area contributed by atoms with Crippen LogP contribution in [0.3, 0.4) is 0 Å². The molecule has 2 aliphatic rings. The fraction of sp³-hybridized carbons (Fsp3) is 0.500. The van der Waals surface area contributed by atoms with Crippen LogP contribution in [0.5, 0.6) is 0 Å². The number of aryl methyl sites for hydroxylation is 1. The Morgan fingerprint density at radius 2 is 1.82 bits per heavy atom. The van der Waals surface area contributed by atoms with Crippen molar-refractivity contribution < 1.29 is 4.79 Å². The molecule has 0 atom stereocenters. The maximum atomic E-state index is 13.2. The standard InChI is InChI=1S/C18H23N3O/c1-13-16(14-5-3-4-6-15(14)19-13)18(7-8-18)17(22)21-11-9-20(2)10-12-21/h3-6,19H,7-12H2,1-2H3. The Bertz CT molecular complexity index is 721. The maximum absolute atomic E-state index is 13.2. The number of aromatic amines is 1. The van der Waals surface area contributed by atoms with Gasteiger partial charge in [-0.1, -0.05) is 18.2 Å². The van der Waals surface area contributed by atoms with E-state index in [1.165, 1.54) is 10.9 Å². The largest absolute Gasteiger partial charge is 0.358 e. The number of H-pyrrole nitrogens is 1. The molecule has 1 aromatic heterocycles. The Labute approximate surface area is 131 Å². The minimum absolute atomic E-state index is 0.264. The van der Waals surface area contributed by atoms with Crippen molar-refractivity contribution in [2.24, 2.45) is 0 Å². The van der Waals surface area contributed by atoms with Crippen molar-refractivity contribution in [3.05, 3.63) is 35.5 Å². The minimum Gasteiger partial charge on any atom is -0.358 e. The van der Waals surface area contributed by atoms with E-state index >= 15 is 0 Å². The Hall–Kier alpha value is -1.81. The predicted octanol–water partition coefficient (Wildman–Crippen LogP) is 2.28. The first-order chi connectivity index (χ1) is 10.6. The highest BCUT2D eigenvalue weighted by molar-refractivity contribution is 5.98. The average Bonchev–Trinajstić information content (AvgIpc) is 3.24. The van der Waals surface area contributed by atoms with E-state index in [1.54, 1.807) is 0 Å². The molecule has 1 amide bonds. The number of fused-ring (bicyclic) bond motifs is 1. The number of nitrogens with zero attached hydrogens (tertiary/aromatic N) is 2. The summed E-state index contributed by atoms with van der Waals surface area (Å²) in [6.45, 7) is 5.78. The third-order valence-corrected chi connectivity index (χ3v) is 5.32. The summed E-state index contributed by atoms with van der Waals surface area (Å²) in [4.78, 5) is 21.0. The maximum Gasteiger partial charge on any atom is 0.233 e. The van der Waals surface area contributed by atoms with Crippen LogP contribution in [0.2, 0.25) is 0 Å². The highest BCUT2D eigenvalue weighted by Crippen LogP contribution is 2.53. The number of rotatable bonds is 2. The number of hydrogen-bond acceptors (Lipinski definition) is 2.